The van der Waals surface area contributed by atoms with Gasteiger partial charge < -0.3 is 4.90 Å². The number of hydrogen-bond donors (Lipinski definition) is 0. The van der Waals surface area contributed by atoms with Crippen molar-refractivity contribution in [1.29, 1.82) is 0 Å². The SMILES string of the molecule is CCCCN(CCBr)C(=O)CC1CC1. The molecule has 0 unspecified atom stereocenters. The molecule has 0 spiro atoms. The molecule has 14 heavy (non-hydrogen) atoms. The van der Waals surface area contributed by atoms with Crippen LogP contribution in [0.3, 0.4) is 0 Å². The number of unbranched alkanes of at least 4 members (excludes halogenated alkanes) is 1. The molecule has 1 aliphatic carbocycles. The standard InChI is InChI=1S/C11H20BrNO/c1-2-3-7-13(8-6-12)11(14)9-10-4-5-10/h10H,2-9H2,1H3. The van der Waals surface area contributed by atoms with Gasteiger partial charge in [-0.3, -0.25) is 4.79 Å². The van der Waals surface area contributed by atoms with Gasteiger partial charge in [-0.1, -0.05) is 29.3 Å². The molecule has 3 heteroatoms. The Morgan fingerprint density at radius 1 is 1.43 bits per heavy atom. The molecule has 1 fully saturated rings. The van der Waals surface area contributed by atoms with Crippen molar-refractivity contribution < 1.29 is 4.79 Å². The quantitative estimate of drug-likeness (QED) is 0.646. The molecular formula is C11H20BrNO. The van der Waals surface area contributed by atoms with E-state index in [9.17, 15) is 4.79 Å². The summed E-state index contributed by atoms with van der Waals surface area (Å²) in [4.78, 5) is 13.8. The molecule has 0 bridgehead atoms. The van der Waals surface area contributed by atoms with Crippen molar-refractivity contribution in [2.45, 2.75) is 39.0 Å². The Morgan fingerprint density at radius 3 is 2.64 bits per heavy atom. The third-order valence-electron chi connectivity index (χ3n) is 2.65. The summed E-state index contributed by atoms with van der Waals surface area (Å²) in [6.45, 7) is 3.97. The zero-order valence-corrected chi connectivity index (χ0v) is 10.6. The molecule has 0 saturated heterocycles. The highest BCUT2D eigenvalue weighted by Gasteiger charge is 2.26. The molecule has 1 rings (SSSR count). The largest absolute Gasteiger partial charge is 0.342 e. The molecule has 2 nitrogen and oxygen atoms in total. The average molecular weight is 262 g/mol. The summed E-state index contributed by atoms with van der Waals surface area (Å²) < 4.78 is 0. The van der Waals surface area contributed by atoms with Crippen LogP contribution in [0.2, 0.25) is 0 Å². The fraction of sp³-hybridized carbons (Fsp3) is 0.909. The van der Waals surface area contributed by atoms with Gasteiger partial charge in [0.15, 0.2) is 0 Å². The number of carbonyl (C=O) groups excluding carboxylic acids is 1. The Bertz CT molecular complexity index is 180. The van der Waals surface area contributed by atoms with Gasteiger partial charge >= 0.3 is 0 Å². The lowest BCUT2D eigenvalue weighted by molar-refractivity contribution is -0.131. The summed E-state index contributed by atoms with van der Waals surface area (Å²) in [7, 11) is 0. The minimum Gasteiger partial charge on any atom is -0.342 e. The highest BCUT2D eigenvalue weighted by molar-refractivity contribution is 9.09. The number of hydrogen-bond acceptors (Lipinski definition) is 1. The molecule has 0 radical (unpaired) electrons. The van der Waals surface area contributed by atoms with Crippen molar-refractivity contribution in [3.8, 4) is 0 Å². The van der Waals surface area contributed by atoms with Crippen LogP contribution in [0, 0.1) is 5.92 Å². The summed E-state index contributed by atoms with van der Waals surface area (Å²) in [6.07, 6.45) is 5.61. The van der Waals surface area contributed by atoms with Crippen molar-refractivity contribution >= 4 is 21.8 Å². The first-order valence-electron chi connectivity index (χ1n) is 5.61. The Labute approximate surface area is 95.2 Å². The zero-order chi connectivity index (χ0) is 10.4. The normalized spacial score (nSPS) is 15.6. The molecule has 82 valence electrons. The van der Waals surface area contributed by atoms with E-state index in [2.05, 4.69) is 22.9 Å². The maximum absolute atomic E-state index is 11.8. The van der Waals surface area contributed by atoms with Crippen LogP contribution in [-0.4, -0.2) is 29.2 Å². The molecule has 1 amide bonds. The fourth-order valence-electron chi connectivity index (χ4n) is 1.51. The van der Waals surface area contributed by atoms with Gasteiger partial charge in [0.05, 0.1) is 0 Å². The van der Waals surface area contributed by atoms with Crippen molar-refractivity contribution in [3.05, 3.63) is 0 Å². The van der Waals surface area contributed by atoms with E-state index in [-0.39, 0.29) is 0 Å². The van der Waals surface area contributed by atoms with E-state index in [1.165, 1.54) is 12.8 Å². The molecule has 0 N–H and O–H groups in total. The van der Waals surface area contributed by atoms with Crippen LogP contribution in [0.1, 0.15) is 39.0 Å². The Hall–Kier alpha value is -0.0500. The van der Waals surface area contributed by atoms with Crippen LogP contribution in [0.5, 0.6) is 0 Å². The van der Waals surface area contributed by atoms with Crippen molar-refractivity contribution in [3.63, 3.8) is 0 Å². The molecule has 1 aliphatic rings. The molecule has 0 aromatic heterocycles. The fourth-order valence-corrected chi connectivity index (χ4v) is 1.94. The third kappa shape index (κ3) is 4.45. The topological polar surface area (TPSA) is 20.3 Å². The number of alkyl halides is 1. The predicted molar refractivity (Wildman–Crippen MR) is 62.6 cm³/mol. The van der Waals surface area contributed by atoms with Crippen LogP contribution in [0.4, 0.5) is 0 Å². The summed E-state index contributed by atoms with van der Waals surface area (Å²) in [5, 5.41) is 0.896. The highest BCUT2D eigenvalue weighted by Crippen LogP contribution is 2.32. The number of nitrogens with zero attached hydrogens (tertiary/aromatic N) is 1. The molecule has 0 aromatic carbocycles. The first-order chi connectivity index (χ1) is 6.77. The van der Waals surface area contributed by atoms with Gasteiger partial charge in [0, 0.05) is 24.8 Å². The summed E-state index contributed by atoms with van der Waals surface area (Å²) in [5.74, 6) is 1.07. The first-order valence-corrected chi connectivity index (χ1v) is 6.73. The lowest BCUT2D eigenvalue weighted by atomic mass is 10.2. The highest BCUT2D eigenvalue weighted by atomic mass is 79.9. The van der Waals surface area contributed by atoms with Gasteiger partial charge in [-0.2, -0.15) is 0 Å². The maximum Gasteiger partial charge on any atom is 0.222 e. The van der Waals surface area contributed by atoms with Crippen LogP contribution in [-0.2, 0) is 4.79 Å². The monoisotopic (exact) mass is 261 g/mol. The van der Waals surface area contributed by atoms with Crippen LogP contribution in [0.15, 0.2) is 0 Å². The van der Waals surface area contributed by atoms with Crippen LogP contribution < -0.4 is 0 Å². The smallest absolute Gasteiger partial charge is 0.222 e. The van der Waals surface area contributed by atoms with E-state index in [0.717, 1.165) is 37.7 Å². The number of rotatable bonds is 7. The zero-order valence-electron chi connectivity index (χ0n) is 8.97. The number of amides is 1. The van der Waals surface area contributed by atoms with E-state index in [1.54, 1.807) is 0 Å². The van der Waals surface area contributed by atoms with Gasteiger partial charge in [-0.05, 0) is 25.2 Å². The van der Waals surface area contributed by atoms with Crippen LogP contribution in [0.25, 0.3) is 0 Å². The molecule has 0 atom stereocenters. The lowest BCUT2D eigenvalue weighted by Crippen LogP contribution is -2.33. The van der Waals surface area contributed by atoms with Crippen molar-refractivity contribution in [2.75, 3.05) is 18.4 Å². The molecule has 0 aliphatic heterocycles. The Morgan fingerprint density at radius 2 is 2.14 bits per heavy atom. The lowest BCUT2D eigenvalue weighted by Gasteiger charge is -2.21. The summed E-state index contributed by atoms with van der Waals surface area (Å²) in [6, 6.07) is 0. The van der Waals surface area contributed by atoms with E-state index >= 15 is 0 Å². The van der Waals surface area contributed by atoms with E-state index in [0.29, 0.717) is 11.8 Å². The van der Waals surface area contributed by atoms with Gasteiger partial charge in [0.2, 0.25) is 5.91 Å². The summed E-state index contributed by atoms with van der Waals surface area (Å²) >= 11 is 3.40. The van der Waals surface area contributed by atoms with E-state index in [4.69, 9.17) is 0 Å². The molecule has 0 heterocycles. The van der Waals surface area contributed by atoms with Crippen molar-refractivity contribution in [1.82, 2.24) is 4.90 Å². The summed E-state index contributed by atoms with van der Waals surface area (Å²) in [5.41, 5.74) is 0. The molecule has 1 saturated carbocycles. The second kappa shape index (κ2) is 6.44. The van der Waals surface area contributed by atoms with Gasteiger partial charge in [-0.25, -0.2) is 0 Å². The minimum atomic E-state index is 0.361. The van der Waals surface area contributed by atoms with Crippen LogP contribution >= 0.6 is 15.9 Å². The molecule has 0 aromatic rings. The van der Waals surface area contributed by atoms with E-state index < -0.39 is 0 Å². The maximum atomic E-state index is 11.8. The van der Waals surface area contributed by atoms with Gasteiger partial charge in [0.25, 0.3) is 0 Å². The van der Waals surface area contributed by atoms with Crippen molar-refractivity contribution in [2.24, 2.45) is 5.92 Å². The first kappa shape index (κ1) is 12.0. The minimum absolute atomic E-state index is 0.361. The number of halogens is 1. The second-order valence-electron chi connectivity index (χ2n) is 4.07. The van der Waals surface area contributed by atoms with Gasteiger partial charge in [0.1, 0.15) is 0 Å². The number of carbonyl (C=O) groups is 1. The van der Waals surface area contributed by atoms with Gasteiger partial charge in [-0.15, -0.1) is 0 Å². The third-order valence-corrected chi connectivity index (χ3v) is 3.00. The average Bonchev–Trinajstić information content (AvgIpc) is 2.95. The Balaban J connectivity index is 2.26. The van der Waals surface area contributed by atoms with E-state index in [1.807, 2.05) is 4.90 Å². The molecular weight excluding hydrogens is 242 g/mol. The predicted octanol–water partition coefficient (Wildman–Crippen LogP) is 2.81. The Kier molecular flexibility index (Phi) is 5.53. The second-order valence-corrected chi connectivity index (χ2v) is 4.86.